The van der Waals surface area contributed by atoms with Gasteiger partial charge in [-0.3, -0.25) is 5.73 Å². The van der Waals surface area contributed by atoms with E-state index >= 15 is 0 Å². The van der Waals surface area contributed by atoms with E-state index in [1.807, 2.05) is 0 Å². The van der Waals surface area contributed by atoms with Gasteiger partial charge in [-0.1, -0.05) is 18.2 Å². The van der Waals surface area contributed by atoms with Crippen molar-refractivity contribution < 1.29 is 19.3 Å². The second-order valence-electron chi connectivity index (χ2n) is 3.20. The molecule has 0 amide bonds. The summed E-state index contributed by atoms with van der Waals surface area (Å²) in [6.45, 7) is 1.49. The van der Waals surface area contributed by atoms with Gasteiger partial charge in [0.05, 0.1) is 6.10 Å². The molecule has 1 aromatic rings. The molecule has 4 N–H and O–H groups in total. The Morgan fingerprint density at radius 1 is 1.33 bits per heavy atom. The summed E-state index contributed by atoms with van der Waals surface area (Å²) in [6, 6.07) is 5.81. The first-order valence-corrected chi connectivity index (χ1v) is 4.54. The van der Waals surface area contributed by atoms with Crippen molar-refractivity contribution in [1.29, 1.82) is 0 Å². The maximum absolute atomic E-state index is 13.2. The van der Waals surface area contributed by atoms with E-state index in [0.717, 1.165) is 0 Å². The van der Waals surface area contributed by atoms with Crippen molar-refractivity contribution in [1.82, 2.24) is 0 Å². The molecule has 1 unspecified atom stereocenters. The van der Waals surface area contributed by atoms with Crippen LogP contribution in [0.1, 0.15) is 18.6 Å². The summed E-state index contributed by atoms with van der Waals surface area (Å²) >= 11 is 0. The first-order valence-electron chi connectivity index (χ1n) is 4.54. The number of aliphatic hydroxyl groups excluding tert-OH is 2. The van der Waals surface area contributed by atoms with Crippen LogP contribution in [0, 0.1) is 5.82 Å². The van der Waals surface area contributed by atoms with Gasteiger partial charge in [0.1, 0.15) is 11.9 Å². The van der Waals surface area contributed by atoms with Crippen molar-refractivity contribution in [2.24, 2.45) is 5.73 Å². The summed E-state index contributed by atoms with van der Waals surface area (Å²) in [5.74, 6) is -0.521. The van der Waals surface area contributed by atoms with E-state index in [-0.39, 0.29) is 5.56 Å². The normalized spacial score (nSPS) is 17.1. The van der Waals surface area contributed by atoms with E-state index in [0.29, 0.717) is 0 Å². The highest BCUT2D eigenvalue weighted by Gasteiger charge is 2.21. The van der Waals surface area contributed by atoms with Crippen molar-refractivity contribution in [2.45, 2.75) is 25.5 Å². The SMILES string of the molecule is C[C@@H](OC(N)O)[C@H](O)c1ccccc1F. The predicted octanol–water partition coefficient (Wildman–Crippen LogP) is 0.499. The Balaban J connectivity index is 2.76. The third-order valence-electron chi connectivity index (χ3n) is 2.02. The molecular formula is C10H14FNO3. The van der Waals surface area contributed by atoms with Crippen LogP contribution in [0.2, 0.25) is 0 Å². The second kappa shape index (κ2) is 5.18. The Labute approximate surface area is 87.1 Å². The van der Waals surface area contributed by atoms with Crippen LogP contribution in [0.5, 0.6) is 0 Å². The third kappa shape index (κ3) is 3.24. The van der Waals surface area contributed by atoms with Crippen molar-refractivity contribution >= 4 is 0 Å². The molecule has 5 heteroatoms. The zero-order valence-corrected chi connectivity index (χ0v) is 8.30. The molecule has 0 bridgehead atoms. The number of ether oxygens (including phenoxy) is 1. The maximum Gasteiger partial charge on any atom is 0.211 e. The molecule has 0 radical (unpaired) electrons. The van der Waals surface area contributed by atoms with Gasteiger partial charge in [-0.25, -0.2) is 4.39 Å². The summed E-state index contributed by atoms with van der Waals surface area (Å²) in [7, 11) is 0. The van der Waals surface area contributed by atoms with Crippen LogP contribution in [0.25, 0.3) is 0 Å². The van der Waals surface area contributed by atoms with Gasteiger partial charge < -0.3 is 14.9 Å². The standard InChI is InChI=1S/C10H14FNO3/c1-6(15-10(12)14)9(13)7-4-2-3-5-8(7)11/h2-6,9-10,13-14H,12H2,1H3/t6-,9+,10?/m1/s1. The molecule has 0 saturated heterocycles. The summed E-state index contributed by atoms with van der Waals surface area (Å²) < 4.78 is 18.0. The van der Waals surface area contributed by atoms with Crippen LogP contribution in [-0.2, 0) is 4.74 Å². The van der Waals surface area contributed by atoms with E-state index in [4.69, 9.17) is 15.6 Å². The lowest BCUT2D eigenvalue weighted by Crippen LogP contribution is -2.31. The summed E-state index contributed by atoms with van der Waals surface area (Å²) in [5.41, 5.74) is 5.09. The minimum absolute atomic E-state index is 0.116. The predicted molar refractivity (Wildman–Crippen MR) is 52.1 cm³/mol. The zero-order chi connectivity index (χ0) is 11.4. The van der Waals surface area contributed by atoms with Crippen molar-refractivity contribution in [3.8, 4) is 0 Å². The quantitative estimate of drug-likeness (QED) is 0.639. The number of nitrogens with two attached hydrogens (primary N) is 1. The minimum Gasteiger partial charge on any atom is -0.386 e. The number of hydrogen-bond acceptors (Lipinski definition) is 4. The van der Waals surface area contributed by atoms with Crippen LogP contribution < -0.4 is 5.73 Å². The van der Waals surface area contributed by atoms with Gasteiger partial charge in [0.2, 0.25) is 6.41 Å². The molecule has 0 heterocycles. The van der Waals surface area contributed by atoms with Gasteiger partial charge in [0, 0.05) is 5.56 Å². The average Bonchev–Trinajstić information content (AvgIpc) is 2.16. The zero-order valence-electron chi connectivity index (χ0n) is 8.30. The summed E-state index contributed by atoms with van der Waals surface area (Å²) in [5, 5.41) is 18.4. The molecule has 1 rings (SSSR count). The van der Waals surface area contributed by atoms with Crippen LogP contribution in [-0.4, -0.2) is 22.7 Å². The largest absolute Gasteiger partial charge is 0.386 e. The fourth-order valence-corrected chi connectivity index (χ4v) is 1.26. The Hall–Kier alpha value is -1.01. The van der Waals surface area contributed by atoms with E-state index < -0.39 is 24.4 Å². The molecule has 4 nitrogen and oxygen atoms in total. The lowest BCUT2D eigenvalue weighted by atomic mass is 10.1. The molecular weight excluding hydrogens is 201 g/mol. The molecule has 0 spiro atoms. The van der Waals surface area contributed by atoms with Gasteiger partial charge in [0.15, 0.2) is 0 Å². The van der Waals surface area contributed by atoms with Crippen LogP contribution in [0.4, 0.5) is 4.39 Å². The first kappa shape index (κ1) is 12.1. The van der Waals surface area contributed by atoms with Crippen LogP contribution in [0.15, 0.2) is 24.3 Å². The Bertz CT molecular complexity index is 319. The van der Waals surface area contributed by atoms with Crippen molar-refractivity contribution in [3.05, 3.63) is 35.6 Å². The fraction of sp³-hybridized carbons (Fsp3) is 0.400. The molecule has 0 saturated carbocycles. The topological polar surface area (TPSA) is 75.7 Å². The molecule has 0 aliphatic heterocycles. The Kier molecular flexibility index (Phi) is 4.16. The first-order chi connectivity index (χ1) is 7.02. The number of hydrogen-bond donors (Lipinski definition) is 3. The Morgan fingerprint density at radius 2 is 1.93 bits per heavy atom. The highest BCUT2D eigenvalue weighted by Crippen LogP contribution is 2.21. The van der Waals surface area contributed by atoms with E-state index in [1.54, 1.807) is 6.07 Å². The molecule has 0 fully saturated rings. The number of halogens is 1. The number of aliphatic hydroxyl groups is 2. The molecule has 84 valence electrons. The minimum atomic E-state index is -1.48. The van der Waals surface area contributed by atoms with Gasteiger partial charge in [-0.2, -0.15) is 0 Å². The highest BCUT2D eigenvalue weighted by molar-refractivity contribution is 5.20. The van der Waals surface area contributed by atoms with Crippen LogP contribution in [0.3, 0.4) is 0 Å². The maximum atomic E-state index is 13.2. The summed E-state index contributed by atoms with van der Waals surface area (Å²) in [6.07, 6.45) is -3.44. The molecule has 3 atom stereocenters. The van der Waals surface area contributed by atoms with Gasteiger partial charge in [-0.05, 0) is 13.0 Å². The monoisotopic (exact) mass is 215 g/mol. The fourth-order valence-electron chi connectivity index (χ4n) is 1.26. The van der Waals surface area contributed by atoms with Crippen molar-refractivity contribution in [3.63, 3.8) is 0 Å². The van der Waals surface area contributed by atoms with Gasteiger partial charge in [0.25, 0.3) is 0 Å². The number of benzene rings is 1. The average molecular weight is 215 g/mol. The summed E-state index contributed by atoms with van der Waals surface area (Å²) in [4.78, 5) is 0. The van der Waals surface area contributed by atoms with E-state index in [1.165, 1.54) is 25.1 Å². The lowest BCUT2D eigenvalue weighted by Gasteiger charge is -2.21. The molecule has 0 aliphatic carbocycles. The molecule has 1 aromatic carbocycles. The van der Waals surface area contributed by atoms with Gasteiger partial charge in [-0.15, -0.1) is 0 Å². The number of rotatable bonds is 4. The molecule has 0 aliphatic rings. The van der Waals surface area contributed by atoms with Crippen LogP contribution >= 0.6 is 0 Å². The Morgan fingerprint density at radius 3 is 2.47 bits per heavy atom. The van der Waals surface area contributed by atoms with Crippen molar-refractivity contribution in [2.75, 3.05) is 0 Å². The van der Waals surface area contributed by atoms with E-state index in [2.05, 4.69) is 0 Å². The molecule has 15 heavy (non-hydrogen) atoms. The highest BCUT2D eigenvalue weighted by atomic mass is 19.1. The smallest absolute Gasteiger partial charge is 0.211 e. The lowest BCUT2D eigenvalue weighted by molar-refractivity contribution is -0.156. The van der Waals surface area contributed by atoms with Gasteiger partial charge >= 0.3 is 0 Å². The third-order valence-corrected chi connectivity index (χ3v) is 2.02. The molecule has 0 aromatic heterocycles. The van der Waals surface area contributed by atoms with E-state index in [9.17, 15) is 9.50 Å². The second-order valence-corrected chi connectivity index (χ2v) is 3.20.